The van der Waals surface area contributed by atoms with Crippen molar-refractivity contribution < 1.29 is 29.0 Å². The molecule has 2 amide bonds. The number of hydrogen-bond acceptors (Lipinski definition) is 6. The summed E-state index contributed by atoms with van der Waals surface area (Å²) in [5.41, 5.74) is 0.970. The molecule has 3 aliphatic rings. The van der Waals surface area contributed by atoms with Crippen LogP contribution in [0.15, 0.2) is 73.8 Å². The highest BCUT2D eigenvalue weighted by atomic mass is 16.6. The second-order valence-corrected chi connectivity index (χ2v) is 12.0. The van der Waals surface area contributed by atoms with Gasteiger partial charge in [0.25, 0.3) is 5.91 Å². The third-order valence-electron chi connectivity index (χ3n) is 9.51. The van der Waals surface area contributed by atoms with Crippen LogP contribution in [0.3, 0.4) is 0 Å². The van der Waals surface area contributed by atoms with Gasteiger partial charge in [0.1, 0.15) is 24.2 Å². The summed E-state index contributed by atoms with van der Waals surface area (Å²) in [6.45, 7) is 15.1. The molecule has 3 aliphatic heterocycles. The molecule has 7 atom stereocenters. The van der Waals surface area contributed by atoms with Crippen LogP contribution in [0.4, 0.5) is 5.69 Å². The standard InChI is InChI=1S/C34H40N2O6/c1-7-16-35(25-18-21(3)14-15-22(25)4)31(39)29-34-19-23(5)33(6,42-34)28(32(40)41-17-8-2)27(34)30(38)36(29)26(20-37)24-12-10-9-11-13-24/h7-15,18,23,26-29,37H,1-2,16-17,19-20H2,3-6H3/t23?,26-,27+,28-,29?,33+,34?/m1/s1. The van der Waals surface area contributed by atoms with Crippen LogP contribution in [-0.4, -0.2) is 64.8 Å². The highest BCUT2D eigenvalue weighted by Gasteiger charge is 2.81. The van der Waals surface area contributed by atoms with Crippen molar-refractivity contribution in [3.05, 3.63) is 90.5 Å². The SMILES string of the molecule is C=CCOC(=O)[C@H]1[C@H]2C(=O)N([C@H](CO)c3ccccc3)C(C(=O)N(CC=C)c3cc(C)ccc3C)C23CC(C)[C@]1(C)O3. The minimum absolute atomic E-state index is 0.00278. The predicted octanol–water partition coefficient (Wildman–Crippen LogP) is 4.30. The zero-order chi connectivity index (χ0) is 30.4. The van der Waals surface area contributed by atoms with Crippen molar-refractivity contribution in [1.82, 2.24) is 4.90 Å². The number of esters is 1. The van der Waals surface area contributed by atoms with Gasteiger partial charge >= 0.3 is 5.97 Å². The Bertz CT molecular complexity index is 1410. The van der Waals surface area contributed by atoms with E-state index >= 15 is 0 Å². The Morgan fingerprint density at radius 2 is 1.90 bits per heavy atom. The van der Waals surface area contributed by atoms with E-state index in [1.165, 1.54) is 11.0 Å². The lowest BCUT2D eigenvalue weighted by Crippen LogP contribution is -2.57. The lowest BCUT2D eigenvalue weighted by Gasteiger charge is -2.40. The predicted molar refractivity (Wildman–Crippen MR) is 160 cm³/mol. The first-order valence-electron chi connectivity index (χ1n) is 14.5. The summed E-state index contributed by atoms with van der Waals surface area (Å²) in [6.07, 6.45) is 3.54. The monoisotopic (exact) mass is 572 g/mol. The molecule has 2 aromatic carbocycles. The molecule has 1 N–H and O–H groups in total. The van der Waals surface area contributed by atoms with Gasteiger partial charge in [0.05, 0.1) is 24.2 Å². The maximum atomic E-state index is 15.0. The number of likely N-dealkylation sites (tertiary alicyclic amines) is 1. The van der Waals surface area contributed by atoms with E-state index in [9.17, 15) is 19.5 Å². The van der Waals surface area contributed by atoms with Crippen molar-refractivity contribution >= 4 is 23.5 Å². The van der Waals surface area contributed by atoms with Crippen LogP contribution in [0.2, 0.25) is 0 Å². The highest BCUT2D eigenvalue weighted by molar-refractivity contribution is 6.05. The van der Waals surface area contributed by atoms with E-state index in [-0.39, 0.29) is 25.0 Å². The fraction of sp³-hybridized carbons (Fsp3) is 0.441. The summed E-state index contributed by atoms with van der Waals surface area (Å²) in [6, 6.07) is 13.1. The van der Waals surface area contributed by atoms with Crippen molar-refractivity contribution in [2.75, 3.05) is 24.7 Å². The Kier molecular flexibility index (Phi) is 7.89. The number of benzene rings is 2. The van der Waals surface area contributed by atoms with Gasteiger partial charge in [0, 0.05) is 12.2 Å². The van der Waals surface area contributed by atoms with Gasteiger partial charge in [0.15, 0.2) is 0 Å². The fourth-order valence-electron chi connectivity index (χ4n) is 7.50. The number of nitrogens with zero attached hydrogens (tertiary/aromatic N) is 2. The van der Waals surface area contributed by atoms with Crippen molar-refractivity contribution in [3.63, 3.8) is 0 Å². The van der Waals surface area contributed by atoms with Crippen molar-refractivity contribution in [1.29, 1.82) is 0 Å². The van der Waals surface area contributed by atoms with Crippen LogP contribution in [0, 0.1) is 31.6 Å². The van der Waals surface area contributed by atoms with Gasteiger partial charge in [-0.15, -0.1) is 6.58 Å². The van der Waals surface area contributed by atoms with E-state index in [1.807, 2.05) is 76.2 Å². The average Bonchev–Trinajstić information content (AvgIpc) is 3.49. The van der Waals surface area contributed by atoms with E-state index in [0.717, 1.165) is 11.1 Å². The molecule has 42 heavy (non-hydrogen) atoms. The molecule has 0 saturated carbocycles. The third-order valence-corrected chi connectivity index (χ3v) is 9.51. The summed E-state index contributed by atoms with van der Waals surface area (Å²) in [5.74, 6) is -3.30. The molecule has 1 spiro atoms. The first-order valence-corrected chi connectivity index (χ1v) is 14.5. The zero-order valence-electron chi connectivity index (χ0n) is 24.8. The van der Waals surface area contributed by atoms with E-state index < -0.39 is 53.6 Å². The van der Waals surface area contributed by atoms with E-state index in [2.05, 4.69) is 13.2 Å². The number of aryl methyl sites for hydroxylation is 2. The van der Waals surface area contributed by atoms with Gasteiger partial charge in [-0.3, -0.25) is 14.4 Å². The summed E-state index contributed by atoms with van der Waals surface area (Å²) in [5, 5.41) is 10.7. The second-order valence-electron chi connectivity index (χ2n) is 12.0. The number of anilines is 1. The van der Waals surface area contributed by atoms with Crippen LogP contribution >= 0.6 is 0 Å². The number of fused-ring (bicyclic) bond motifs is 1. The summed E-state index contributed by atoms with van der Waals surface area (Å²) in [4.78, 5) is 46.3. The first-order chi connectivity index (χ1) is 20.0. The Balaban J connectivity index is 1.70. The number of aliphatic hydroxyl groups excluding tert-OH is 1. The minimum Gasteiger partial charge on any atom is -0.461 e. The molecule has 8 nitrogen and oxygen atoms in total. The van der Waals surface area contributed by atoms with Gasteiger partial charge in [-0.2, -0.15) is 0 Å². The van der Waals surface area contributed by atoms with Crippen molar-refractivity contribution in [2.24, 2.45) is 17.8 Å². The Morgan fingerprint density at radius 3 is 2.55 bits per heavy atom. The lowest BCUT2D eigenvalue weighted by atomic mass is 9.62. The number of amides is 2. The molecule has 3 fully saturated rings. The highest BCUT2D eigenvalue weighted by Crippen LogP contribution is 2.66. The maximum Gasteiger partial charge on any atom is 0.313 e. The molecule has 2 aromatic rings. The van der Waals surface area contributed by atoms with E-state index in [1.54, 1.807) is 11.0 Å². The molecule has 0 radical (unpaired) electrons. The summed E-state index contributed by atoms with van der Waals surface area (Å²) >= 11 is 0. The summed E-state index contributed by atoms with van der Waals surface area (Å²) in [7, 11) is 0. The summed E-state index contributed by atoms with van der Waals surface area (Å²) < 4.78 is 12.4. The van der Waals surface area contributed by atoms with Gasteiger partial charge in [-0.05, 0) is 55.9 Å². The number of ether oxygens (including phenoxy) is 2. The minimum atomic E-state index is -1.29. The number of hydrogen-bond donors (Lipinski definition) is 1. The lowest BCUT2D eigenvalue weighted by molar-refractivity contribution is -0.161. The van der Waals surface area contributed by atoms with Crippen LogP contribution in [-0.2, 0) is 23.9 Å². The number of carbonyl (C=O) groups excluding carboxylic acids is 3. The molecular weight excluding hydrogens is 532 g/mol. The van der Waals surface area contributed by atoms with Gasteiger partial charge < -0.3 is 24.4 Å². The smallest absolute Gasteiger partial charge is 0.313 e. The number of rotatable bonds is 10. The largest absolute Gasteiger partial charge is 0.461 e. The van der Waals surface area contributed by atoms with Gasteiger partial charge in [-0.1, -0.05) is 68.1 Å². The third kappa shape index (κ3) is 4.39. The average molecular weight is 573 g/mol. The molecule has 2 bridgehead atoms. The fourth-order valence-corrected chi connectivity index (χ4v) is 7.50. The molecule has 0 aromatic heterocycles. The maximum absolute atomic E-state index is 15.0. The van der Waals surface area contributed by atoms with Crippen LogP contribution in [0.25, 0.3) is 0 Å². The molecule has 0 aliphatic carbocycles. The Hall–Kier alpha value is -3.75. The molecule has 3 heterocycles. The van der Waals surface area contributed by atoms with Gasteiger partial charge in [0.2, 0.25) is 5.91 Å². The molecule has 3 unspecified atom stereocenters. The Morgan fingerprint density at radius 1 is 1.19 bits per heavy atom. The topological polar surface area (TPSA) is 96.4 Å². The van der Waals surface area contributed by atoms with E-state index in [4.69, 9.17) is 9.47 Å². The molecule has 5 rings (SSSR count). The first kappa shape index (κ1) is 29.7. The number of aliphatic hydroxyl groups is 1. The normalized spacial score (nSPS) is 30.1. The van der Waals surface area contributed by atoms with Gasteiger partial charge in [-0.25, -0.2) is 0 Å². The molecular formula is C34H40N2O6. The van der Waals surface area contributed by atoms with Crippen LogP contribution in [0.5, 0.6) is 0 Å². The zero-order valence-corrected chi connectivity index (χ0v) is 24.8. The van der Waals surface area contributed by atoms with Crippen LogP contribution < -0.4 is 4.90 Å². The van der Waals surface area contributed by atoms with Crippen molar-refractivity contribution in [3.8, 4) is 0 Å². The molecule has 3 saturated heterocycles. The number of carbonyl (C=O) groups is 3. The Labute approximate surface area is 247 Å². The molecule has 8 heteroatoms. The van der Waals surface area contributed by atoms with Crippen LogP contribution in [0.1, 0.15) is 43.0 Å². The van der Waals surface area contributed by atoms with E-state index in [0.29, 0.717) is 17.7 Å². The molecule has 222 valence electrons. The van der Waals surface area contributed by atoms with Crippen molar-refractivity contribution in [2.45, 2.75) is 57.4 Å². The second kappa shape index (κ2) is 11.2. The quantitative estimate of drug-likeness (QED) is 0.337.